The summed E-state index contributed by atoms with van der Waals surface area (Å²) < 4.78 is 11.0. The Morgan fingerprint density at radius 2 is 2.22 bits per heavy atom. The number of hydrogen-bond donors (Lipinski definition) is 2. The van der Waals surface area contributed by atoms with Crippen molar-refractivity contribution in [3.05, 3.63) is 22.7 Å². The number of benzene rings is 1. The molecular weight excluding hydrogens is 316 g/mol. The van der Waals surface area contributed by atoms with E-state index in [9.17, 15) is 4.79 Å². The molecule has 1 aromatic carbocycles. The molecule has 0 saturated carbocycles. The van der Waals surface area contributed by atoms with Crippen molar-refractivity contribution in [2.45, 2.75) is 25.7 Å². The molecule has 5 nitrogen and oxygen atoms in total. The Morgan fingerprint density at radius 3 is 3.04 bits per heavy atom. The van der Waals surface area contributed by atoms with Gasteiger partial charge in [0, 0.05) is 6.54 Å². The summed E-state index contributed by atoms with van der Waals surface area (Å²) in [5.41, 5.74) is 0.844. The lowest BCUT2D eigenvalue weighted by Gasteiger charge is -2.22. The van der Waals surface area contributed by atoms with Crippen molar-refractivity contribution < 1.29 is 14.3 Å². The summed E-state index contributed by atoms with van der Waals surface area (Å²) in [5.74, 6) is 1.89. The lowest BCUT2D eigenvalue weighted by Crippen LogP contribution is -2.33. The van der Waals surface area contributed by atoms with Crippen LogP contribution in [0.15, 0.2) is 12.1 Å². The van der Waals surface area contributed by atoms with Crippen LogP contribution in [-0.4, -0.2) is 38.8 Å². The molecule has 2 heterocycles. The van der Waals surface area contributed by atoms with E-state index in [0.29, 0.717) is 42.1 Å². The first kappa shape index (κ1) is 16.4. The van der Waals surface area contributed by atoms with Crippen LogP contribution < -0.4 is 20.1 Å². The Morgan fingerprint density at radius 1 is 1.35 bits per heavy atom. The van der Waals surface area contributed by atoms with Gasteiger partial charge in [0.05, 0.1) is 11.4 Å². The van der Waals surface area contributed by atoms with Crippen molar-refractivity contribution in [2.75, 3.05) is 32.8 Å². The average Bonchev–Trinajstić information content (AvgIpc) is 2.56. The van der Waals surface area contributed by atoms with Gasteiger partial charge in [-0.05, 0) is 56.0 Å². The number of fused-ring (bicyclic) bond motifs is 1. The van der Waals surface area contributed by atoms with Gasteiger partial charge in [0.15, 0.2) is 11.5 Å². The normalized spacial score (nSPS) is 20.1. The summed E-state index contributed by atoms with van der Waals surface area (Å²) in [7, 11) is 0. The van der Waals surface area contributed by atoms with Crippen LogP contribution in [0, 0.1) is 5.92 Å². The number of piperidine rings is 1. The van der Waals surface area contributed by atoms with Gasteiger partial charge in [-0.15, -0.1) is 0 Å². The molecule has 6 heteroatoms. The maximum Gasteiger partial charge on any atom is 0.224 e. The summed E-state index contributed by atoms with van der Waals surface area (Å²) in [6, 6.07) is 3.62. The number of nitrogens with one attached hydrogen (secondary N) is 2. The number of rotatable bonds is 5. The molecule has 0 radical (unpaired) electrons. The van der Waals surface area contributed by atoms with Crippen LogP contribution in [0.25, 0.3) is 0 Å². The monoisotopic (exact) mass is 338 g/mol. The molecule has 1 unspecified atom stereocenters. The molecule has 1 atom stereocenters. The molecule has 0 bridgehead atoms. The zero-order valence-corrected chi connectivity index (χ0v) is 14.0. The van der Waals surface area contributed by atoms with E-state index < -0.39 is 0 Å². The third kappa shape index (κ3) is 4.52. The topological polar surface area (TPSA) is 59.6 Å². The molecule has 3 rings (SSSR count). The molecule has 1 aromatic rings. The van der Waals surface area contributed by atoms with Gasteiger partial charge in [-0.3, -0.25) is 4.79 Å². The standard InChI is InChI=1S/C17H23ClN2O3/c18-14-8-13(9-15-17(14)23-7-6-22-15)10-16(21)20-5-3-12-2-1-4-19-11-12/h8-9,12,19H,1-7,10-11H2,(H,20,21). The fourth-order valence-electron chi connectivity index (χ4n) is 3.10. The van der Waals surface area contributed by atoms with Gasteiger partial charge < -0.3 is 20.1 Å². The molecule has 1 saturated heterocycles. The minimum atomic E-state index is 0.0153. The van der Waals surface area contributed by atoms with Crippen LogP contribution in [0.4, 0.5) is 0 Å². The lowest BCUT2D eigenvalue weighted by atomic mass is 9.96. The van der Waals surface area contributed by atoms with Gasteiger partial charge in [0.2, 0.25) is 5.91 Å². The van der Waals surface area contributed by atoms with Crippen LogP contribution in [0.2, 0.25) is 5.02 Å². The van der Waals surface area contributed by atoms with E-state index in [1.807, 2.05) is 6.07 Å². The van der Waals surface area contributed by atoms with E-state index in [0.717, 1.165) is 31.6 Å². The first-order chi connectivity index (χ1) is 11.2. The van der Waals surface area contributed by atoms with Crippen LogP contribution in [0.1, 0.15) is 24.8 Å². The molecule has 2 aliphatic rings. The molecule has 1 fully saturated rings. The Bertz CT molecular complexity index is 559. The summed E-state index contributed by atoms with van der Waals surface area (Å²) in [6.45, 7) is 3.92. The quantitative estimate of drug-likeness (QED) is 0.863. The van der Waals surface area contributed by atoms with Crippen LogP contribution in [0.5, 0.6) is 11.5 Å². The van der Waals surface area contributed by atoms with Gasteiger partial charge in [-0.1, -0.05) is 11.6 Å². The maximum absolute atomic E-state index is 12.1. The second-order valence-electron chi connectivity index (χ2n) is 6.13. The zero-order valence-electron chi connectivity index (χ0n) is 13.2. The van der Waals surface area contributed by atoms with Crippen molar-refractivity contribution >= 4 is 17.5 Å². The zero-order chi connectivity index (χ0) is 16.1. The van der Waals surface area contributed by atoms with Crippen molar-refractivity contribution in [3.8, 4) is 11.5 Å². The van der Waals surface area contributed by atoms with E-state index in [1.165, 1.54) is 12.8 Å². The SMILES string of the molecule is O=C(Cc1cc(Cl)c2c(c1)OCCO2)NCCC1CCCNC1. The van der Waals surface area contributed by atoms with E-state index in [4.69, 9.17) is 21.1 Å². The summed E-state index contributed by atoms with van der Waals surface area (Å²) in [5, 5.41) is 6.89. The van der Waals surface area contributed by atoms with E-state index in [2.05, 4.69) is 10.6 Å². The smallest absolute Gasteiger partial charge is 0.224 e. The molecule has 2 aliphatic heterocycles. The van der Waals surface area contributed by atoms with Crippen molar-refractivity contribution in [3.63, 3.8) is 0 Å². The van der Waals surface area contributed by atoms with E-state index >= 15 is 0 Å². The maximum atomic E-state index is 12.1. The van der Waals surface area contributed by atoms with E-state index in [1.54, 1.807) is 6.07 Å². The number of hydrogen-bond acceptors (Lipinski definition) is 4. The first-order valence-electron chi connectivity index (χ1n) is 8.28. The van der Waals surface area contributed by atoms with Crippen LogP contribution in [0.3, 0.4) is 0 Å². The number of halogens is 1. The Labute approximate surface area is 141 Å². The van der Waals surface area contributed by atoms with E-state index in [-0.39, 0.29) is 5.91 Å². The molecule has 0 spiro atoms. The fraction of sp³-hybridized carbons (Fsp3) is 0.588. The minimum absolute atomic E-state index is 0.0153. The van der Waals surface area contributed by atoms with Gasteiger partial charge in [0.25, 0.3) is 0 Å². The van der Waals surface area contributed by atoms with Crippen molar-refractivity contribution in [1.82, 2.24) is 10.6 Å². The third-order valence-corrected chi connectivity index (χ3v) is 4.58. The van der Waals surface area contributed by atoms with Crippen LogP contribution >= 0.6 is 11.6 Å². The number of ether oxygens (including phenoxy) is 2. The molecule has 2 N–H and O–H groups in total. The highest BCUT2D eigenvalue weighted by Gasteiger charge is 2.18. The third-order valence-electron chi connectivity index (χ3n) is 4.29. The molecule has 126 valence electrons. The Balaban J connectivity index is 1.48. The molecule has 23 heavy (non-hydrogen) atoms. The first-order valence-corrected chi connectivity index (χ1v) is 8.65. The molecule has 0 aliphatic carbocycles. The number of carbonyl (C=O) groups excluding carboxylic acids is 1. The van der Waals surface area contributed by atoms with Gasteiger partial charge >= 0.3 is 0 Å². The predicted octanol–water partition coefficient (Wildman–Crippen LogP) is 2.16. The number of amides is 1. The molecule has 1 amide bonds. The second kappa shape index (κ2) is 7.88. The number of carbonyl (C=O) groups is 1. The Hall–Kier alpha value is -1.46. The van der Waals surface area contributed by atoms with Crippen LogP contribution in [-0.2, 0) is 11.2 Å². The summed E-state index contributed by atoms with van der Waals surface area (Å²) in [4.78, 5) is 12.1. The van der Waals surface area contributed by atoms with Gasteiger partial charge in [-0.25, -0.2) is 0 Å². The highest BCUT2D eigenvalue weighted by Crippen LogP contribution is 2.38. The van der Waals surface area contributed by atoms with Gasteiger partial charge in [-0.2, -0.15) is 0 Å². The summed E-state index contributed by atoms with van der Waals surface area (Å²) in [6.07, 6.45) is 3.81. The second-order valence-corrected chi connectivity index (χ2v) is 6.54. The van der Waals surface area contributed by atoms with Crippen molar-refractivity contribution in [2.24, 2.45) is 5.92 Å². The Kier molecular flexibility index (Phi) is 5.62. The highest BCUT2D eigenvalue weighted by molar-refractivity contribution is 6.32. The fourth-order valence-corrected chi connectivity index (χ4v) is 3.39. The lowest BCUT2D eigenvalue weighted by molar-refractivity contribution is -0.120. The molecular formula is C17H23ClN2O3. The predicted molar refractivity (Wildman–Crippen MR) is 89.4 cm³/mol. The largest absolute Gasteiger partial charge is 0.486 e. The minimum Gasteiger partial charge on any atom is -0.486 e. The van der Waals surface area contributed by atoms with Gasteiger partial charge in [0.1, 0.15) is 13.2 Å². The molecule has 0 aromatic heterocycles. The highest BCUT2D eigenvalue weighted by atomic mass is 35.5. The summed E-state index contributed by atoms with van der Waals surface area (Å²) >= 11 is 6.19. The average molecular weight is 339 g/mol. The van der Waals surface area contributed by atoms with Crippen molar-refractivity contribution in [1.29, 1.82) is 0 Å².